The van der Waals surface area contributed by atoms with Crippen LogP contribution in [0.4, 0.5) is 5.69 Å². The third-order valence-corrected chi connectivity index (χ3v) is 3.65. The standard InChI is InChI=1S/C16H12ClN3O2/c1-8-9(2)19-15-14(18-8)13(21)7-12(16(15)22)20-11-5-3-10(17)4-6-11/h3-7,20H,1-2H3. The Kier molecular flexibility index (Phi) is 3.50. The van der Waals surface area contributed by atoms with E-state index in [1.807, 2.05) is 0 Å². The van der Waals surface area contributed by atoms with Crippen LogP contribution in [0, 0.1) is 13.8 Å². The van der Waals surface area contributed by atoms with E-state index in [-0.39, 0.29) is 28.7 Å². The van der Waals surface area contributed by atoms with Crippen molar-refractivity contribution in [3.63, 3.8) is 0 Å². The number of anilines is 1. The number of ketones is 2. The molecule has 0 aliphatic heterocycles. The molecule has 22 heavy (non-hydrogen) atoms. The molecular formula is C16H12ClN3O2. The quantitative estimate of drug-likeness (QED) is 0.922. The average Bonchev–Trinajstić information content (AvgIpc) is 2.49. The molecule has 0 atom stereocenters. The lowest BCUT2D eigenvalue weighted by Gasteiger charge is -2.16. The number of nitrogens with one attached hydrogen (secondary N) is 1. The summed E-state index contributed by atoms with van der Waals surface area (Å²) in [6, 6.07) is 6.84. The molecule has 1 aromatic carbocycles. The van der Waals surface area contributed by atoms with Gasteiger partial charge in [0.1, 0.15) is 11.4 Å². The molecule has 1 N–H and O–H groups in total. The molecule has 110 valence electrons. The van der Waals surface area contributed by atoms with Crippen molar-refractivity contribution in [3.8, 4) is 0 Å². The minimum Gasteiger partial charge on any atom is -0.352 e. The highest BCUT2D eigenvalue weighted by atomic mass is 35.5. The van der Waals surface area contributed by atoms with Gasteiger partial charge in [-0.05, 0) is 38.1 Å². The van der Waals surface area contributed by atoms with E-state index in [0.717, 1.165) is 0 Å². The van der Waals surface area contributed by atoms with Crippen LogP contribution < -0.4 is 5.32 Å². The number of aryl methyl sites for hydroxylation is 2. The van der Waals surface area contributed by atoms with Crippen LogP contribution in [0.5, 0.6) is 0 Å². The normalized spacial score (nSPS) is 13.7. The van der Waals surface area contributed by atoms with Gasteiger partial charge in [-0.1, -0.05) is 11.6 Å². The number of hydrogen-bond donors (Lipinski definition) is 1. The molecule has 0 bridgehead atoms. The fraction of sp³-hybridized carbons (Fsp3) is 0.125. The van der Waals surface area contributed by atoms with Gasteiger partial charge in [0.05, 0.1) is 17.1 Å². The molecule has 0 fully saturated rings. The number of Topliss-reactive ketones (excluding diaryl/α,β-unsaturated/α-hetero) is 1. The summed E-state index contributed by atoms with van der Waals surface area (Å²) in [5, 5.41) is 3.52. The van der Waals surface area contributed by atoms with Gasteiger partial charge in [0.25, 0.3) is 0 Å². The lowest BCUT2D eigenvalue weighted by atomic mass is 10.0. The highest BCUT2D eigenvalue weighted by molar-refractivity contribution is 6.30. The minimum atomic E-state index is -0.347. The molecule has 0 spiro atoms. The van der Waals surface area contributed by atoms with Crippen molar-refractivity contribution in [1.29, 1.82) is 0 Å². The summed E-state index contributed by atoms with van der Waals surface area (Å²) in [4.78, 5) is 33.0. The number of nitrogens with zero attached hydrogens (tertiary/aromatic N) is 2. The summed E-state index contributed by atoms with van der Waals surface area (Å²) in [6.45, 7) is 3.51. The molecule has 1 heterocycles. The predicted molar refractivity (Wildman–Crippen MR) is 83.3 cm³/mol. The van der Waals surface area contributed by atoms with Crippen molar-refractivity contribution in [1.82, 2.24) is 9.97 Å². The third kappa shape index (κ3) is 2.51. The van der Waals surface area contributed by atoms with E-state index < -0.39 is 0 Å². The second-order valence-corrected chi connectivity index (χ2v) is 5.41. The molecule has 1 aliphatic rings. The Balaban J connectivity index is 1.98. The molecule has 0 radical (unpaired) electrons. The number of allylic oxidation sites excluding steroid dienone is 2. The van der Waals surface area contributed by atoms with Gasteiger partial charge in [0.2, 0.25) is 11.6 Å². The van der Waals surface area contributed by atoms with Crippen LogP contribution in [0.25, 0.3) is 0 Å². The highest BCUT2D eigenvalue weighted by Crippen LogP contribution is 2.22. The lowest BCUT2D eigenvalue weighted by molar-refractivity contribution is 0.0977. The molecule has 3 rings (SSSR count). The molecule has 5 nitrogen and oxygen atoms in total. The van der Waals surface area contributed by atoms with Gasteiger partial charge in [0, 0.05) is 16.8 Å². The first-order valence-electron chi connectivity index (χ1n) is 6.64. The van der Waals surface area contributed by atoms with Crippen molar-refractivity contribution in [3.05, 3.63) is 63.8 Å². The minimum absolute atomic E-state index is 0.0899. The zero-order valence-corrected chi connectivity index (χ0v) is 12.7. The zero-order valence-electron chi connectivity index (χ0n) is 12.0. The van der Waals surface area contributed by atoms with Gasteiger partial charge in [-0.25, -0.2) is 9.97 Å². The van der Waals surface area contributed by atoms with E-state index >= 15 is 0 Å². The van der Waals surface area contributed by atoms with Crippen molar-refractivity contribution < 1.29 is 9.59 Å². The Labute approximate surface area is 132 Å². The Bertz CT molecular complexity index is 826. The van der Waals surface area contributed by atoms with Gasteiger partial charge in [0.15, 0.2) is 0 Å². The number of fused-ring (bicyclic) bond motifs is 1. The molecule has 0 saturated carbocycles. The van der Waals surface area contributed by atoms with Gasteiger partial charge < -0.3 is 5.32 Å². The highest BCUT2D eigenvalue weighted by Gasteiger charge is 2.29. The zero-order chi connectivity index (χ0) is 15.9. The number of carbonyl (C=O) groups is 2. The maximum Gasteiger partial charge on any atom is 0.230 e. The summed E-state index contributed by atoms with van der Waals surface area (Å²) in [7, 11) is 0. The van der Waals surface area contributed by atoms with Crippen LogP contribution >= 0.6 is 11.6 Å². The molecule has 6 heteroatoms. The predicted octanol–water partition coefficient (Wildman–Crippen LogP) is 3.12. The van der Waals surface area contributed by atoms with Crippen LogP contribution in [0.3, 0.4) is 0 Å². The first kappa shape index (κ1) is 14.4. The maximum atomic E-state index is 12.5. The van der Waals surface area contributed by atoms with Crippen molar-refractivity contribution >= 4 is 28.9 Å². The van der Waals surface area contributed by atoms with Crippen molar-refractivity contribution in [2.75, 3.05) is 5.32 Å². The van der Waals surface area contributed by atoms with Crippen LogP contribution in [-0.2, 0) is 0 Å². The first-order valence-corrected chi connectivity index (χ1v) is 7.02. The second kappa shape index (κ2) is 5.35. The number of carbonyl (C=O) groups excluding carboxylic acids is 2. The van der Waals surface area contributed by atoms with Crippen LogP contribution in [0.2, 0.25) is 5.02 Å². The van der Waals surface area contributed by atoms with E-state index in [2.05, 4.69) is 15.3 Å². The Morgan fingerprint density at radius 2 is 1.55 bits per heavy atom. The van der Waals surface area contributed by atoms with Crippen LogP contribution in [0.1, 0.15) is 32.4 Å². The third-order valence-electron chi connectivity index (χ3n) is 3.40. The fourth-order valence-electron chi connectivity index (χ4n) is 2.11. The van der Waals surface area contributed by atoms with E-state index in [4.69, 9.17) is 11.6 Å². The van der Waals surface area contributed by atoms with Crippen molar-refractivity contribution in [2.45, 2.75) is 13.8 Å². The maximum absolute atomic E-state index is 12.5. The Morgan fingerprint density at radius 1 is 0.955 bits per heavy atom. The number of rotatable bonds is 2. The lowest BCUT2D eigenvalue weighted by Crippen LogP contribution is -2.25. The van der Waals surface area contributed by atoms with Gasteiger partial charge in [-0.2, -0.15) is 0 Å². The molecule has 1 aromatic heterocycles. The molecule has 0 saturated heterocycles. The number of hydrogen-bond acceptors (Lipinski definition) is 5. The van der Waals surface area contributed by atoms with E-state index in [0.29, 0.717) is 22.1 Å². The summed E-state index contributed by atoms with van der Waals surface area (Å²) < 4.78 is 0. The molecule has 2 aromatic rings. The topological polar surface area (TPSA) is 72.0 Å². The van der Waals surface area contributed by atoms with E-state index in [1.165, 1.54) is 6.08 Å². The van der Waals surface area contributed by atoms with Gasteiger partial charge >= 0.3 is 0 Å². The van der Waals surface area contributed by atoms with Crippen molar-refractivity contribution in [2.24, 2.45) is 0 Å². The smallest absolute Gasteiger partial charge is 0.230 e. The van der Waals surface area contributed by atoms with Crippen LogP contribution in [0.15, 0.2) is 36.0 Å². The molecule has 1 aliphatic carbocycles. The first-order chi connectivity index (χ1) is 10.5. The molecule has 0 amide bonds. The summed E-state index contributed by atoms with van der Waals surface area (Å²) in [5.74, 6) is -0.679. The van der Waals surface area contributed by atoms with E-state index in [9.17, 15) is 9.59 Å². The summed E-state index contributed by atoms with van der Waals surface area (Å²) in [5.41, 5.74) is 2.31. The largest absolute Gasteiger partial charge is 0.352 e. The summed E-state index contributed by atoms with van der Waals surface area (Å²) >= 11 is 5.82. The SMILES string of the molecule is Cc1nc2c(nc1C)C(=O)C(Nc1ccc(Cl)cc1)=CC2=O. The number of halogens is 1. The summed E-state index contributed by atoms with van der Waals surface area (Å²) in [6.07, 6.45) is 1.25. The van der Waals surface area contributed by atoms with E-state index in [1.54, 1.807) is 38.1 Å². The molecular weight excluding hydrogens is 302 g/mol. The Morgan fingerprint density at radius 3 is 2.18 bits per heavy atom. The van der Waals surface area contributed by atoms with Crippen LogP contribution in [-0.4, -0.2) is 21.5 Å². The number of benzene rings is 1. The Hall–Kier alpha value is -2.53. The van der Waals surface area contributed by atoms with Gasteiger partial charge in [-0.3, -0.25) is 9.59 Å². The van der Waals surface area contributed by atoms with Gasteiger partial charge in [-0.15, -0.1) is 0 Å². The average molecular weight is 314 g/mol. The second-order valence-electron chi connectivity index (χ2n) is 4.97. The monoisotopic (exact) mass is 313 g/mol. The molecule has 0 unspecified atom stereocenters. The number of aromatic nitrogens is 2. The fourth-order valence-corrected chi connectivity index (χ4v) is 2.23.